The highest BCUT2D eigenvalue weighted by molar-refractivity contribution is 7.92. The van der Waals surface area contributed by atoms with E-state index in [1.807, 2.05) is 13.0 Å². The van der Waals surface area contributed by atoms with Gasteiger partial charge in [0.1, 0.15) is 10.6 Å². The number of allylic oxidation sites excluding steroid dienone is 2. The first-order valence-electron chi connectivity index (χ1n) is 8.73. The lowest BCUT2D eigenvalue weighted by Gasteiger charge is -2.12. The molecule has 0 atom stereocenters. The summed E-state index contributed by atoms with van der Waals surface area (Å²) < 4.78 is 33.3. The minimum Gasteiger partial charge on any atom is -0.497 e. The number of nitrogens with zero attached hydrogens (tertiary/aromatic N) is 2. The summed E-state index contributed by atoms with van der Waals surface area (Å²) in [5.74, 6) is 0.571. The quantitative estimate of drug-likeness (QED) is 0.521. The Kier molecular flexibility index (Phi) is 5.83. The summed E-state index contributed by atoms with van der Waals surface area (Å²) in [6.07, 6.45) is 3.56. The number of nitrogens with one attached hydrogen (secondary N) is 2. The molecule has 0 saturated heterocycles. The average Bonchev–Trinajstić information content (AvgIpc) is 3.11. The number of methoxy groups -OCH3 is 1. The Hall–Kier alpha value is -3.40. The van der Waals surface area contributed by atoms with Crippen LogP contribution in [0.15, 0.2) is 64.1 Å². The van der Waals surface area contributed by atoms with Crippen molar-refractivity contribution in [3.63, 3.8) is 0 Å². The highest BCUT2D eigenvalue weighted by Crippen LogP contribution is 2.29. The monoisotopic (exact) mass is 416 g/mol. The molecular weight excluding hydrogens is 396 g/mol. The van der Waals surface area contributed by atoms with Crippen LogP contribution in [0, 0.1) is 10.1 Å². The standard InChI is InChI=1S/C19H20N4O5S/c1-13-3-4-15(11-13)20-21-18-10-7-16(23(24)25)12-19(18)29(26,27)22-14-5-8-17(28-2)9-6-14/h5-12,21-22H,3-4H2,1-2H3. The van der Waals surface area contributed by atoms with Crippen molar-refractivity contribution in [3.8, 4) is 5.75 Å². The molecular formula is C19H20N4O5S. The number of rotatable bonds is 7. The number of nitro groups is 1. The molecule has 152 valence electrons. The molecule has 0 bridgehead atoms. The van der Waals surface area contributed by atoms with Gasteiger partial charge in [0.15, 0.2) is 0 Å². The zero-order valence-corrected chi connectivity index (χ0v) is 16.7. The molecule has 2 N–H and O–H groups in total. The molecule has 1 aliphatic rings. The van der Waals surface area contributed by atoms with E-state index in [1.165, 1.54) is 36.9 Å². The molecule has 0 unspecified atom stereocenters. The number of hydrazone groups is 1. The molecule has 0 heterocycles. The zero-order chi connectivity index (χ0) is 21.0. The topological polar surface area (TPSA) is 123 Å². The SMILES string of the molecule is COc1ccc(NS(=O)(=O)c2cc([N+](=O)[O-])ccc2NN=C2C=C(C)CC2)cc1. The van der Waals surface area contributed by atoms with Gasteiger partial charge < -0.3 is 4.74 Å². The normalized spacial score (nSPS) is 15.1. The van der Waals surface area contributed by atoms with E-state index in [1.54, 1.807) is 12.1 Å². The molecule has 3 rings (SSSR count). The Morgan fingerprint density at radius 1 is 1.14 bits per heavy atom. The summed E-state index contributed by atoms with van der Waals surface area (Å²) in [6.45, 7) is 1.99. The fourth-order valence-electron chi connectivity index (χ4n) is 2.78. The Morgan fingerprint density at radius 3 is 2.45 bits per heavy atom. The van der Waals surface area contributed by atoms with E-state index in [2.05, 4.69) is 15.2 Å². The summed E-state index contributed by atoms with van der Waals surface area (Å²) in [4.78, 5) is 10.2. The first-order chi connectivity index (χ1) is 13.8. The predicted octanol–water partition coefficient (Wildman–Crippen LogP) is 3.91. The molecule has 1 aliphatic carbocycles. The summed E-state index contributed by atoms with van der Waals surface area (Å²) in [6, 6.07) is 9.84. The Bertz CT molecular complexity index is 1090. The second-order valence-corrected chi connectivity index (χ2v) is 8.13. The largest absolute Gasteiger partial charge is 0.497 e. The lowest BCUT2D eigenvalue weighted by molar-refractivity contribution is -0.385. The van der Waals surface area contributed by atoms with E-state index in [-0.39, 0.29) is 16.3 Å². The number of non-ortho nitro benzene ring substituents is 1. The average molecular weight is 416 g/mol. The Balaban J connectivity index is 1.95. The van der Waals surface area contributed by atoms with Gasteiger partial charge in [0, 0.05) is 17.8 Å². The van der Waals surface area contributed by atoms with Crippen LogP contribution in [-0.2, 0) is 10.0 Å². The van der Waals surface area contributed by atoms with Crippen LogP contribution in [0.2, 0.25) is 0 Å². The lowest BCUT2D eigenvalue weighted by Crippen LogP contribution is -2.15. The van der Waals surface area contributed by atoms with Gasteiger partial charge in [-0.25, -0.2) is 8.42 Å². The number of sulfonamides is 1. The van der Waals surface area contributed by atoms with Crippen LogP contribution in [0.4, 0.5) is 17.1 Å². The van der Waals surface area contributed by atoms with Gasteiger partial charge >= 0.3 is 0 Å². The minimum absolute atomic E-state index is 0.141. The van der Waals surface area contributed by atoms with Crippen LogP contribution in [0.5, 0.6) is 5.75 Å². The van der Waals surface area contributed by atoms with E-state index < -0.39 is 14.9 Å². The molecule has 0 fully saturated rings. The number of ether oxygens (including phenoxy) is 1. The van der Waals surface area contributed by atoms with Crippen LogP contribution in [-0.4, -0.2) is 26.2 Å². The summed E-state index contributed by atoms with van der Waals surface area (Å²) >= 11 is 0. The van der Waals surface area contributed by atoms with Gasteiger partial charge in [0.2, 0.25) is 0 Å². The van der Waals surface area contributed by atoms with Gasteiger partial charge in [-0.1, -0.05) is 5.57 Å². The molecule has 0 aromatic heterocycles. The van der Waals surface area contributed by atoms with Crippen LogP contribution in [0.25, 0.3) is 0 Å². The van der Waals surface area contributed by atoms with Crippen molar-refractivity contribution >= 4 is 32.8 Å². The second kappa shape index (κ2) is 8.31. The summed E-state index contributed by atoms with van der Waals surface area (Å²) in [5, 5.41) is 15.4. The number of hydrogen-bond donors (Lipinski definition) is 2. The van der Waals surface area contributed by atoms with Gasteiger partial charge in [0.25, 0.3) is 15.7 Å². The zero-order valence-electron chi connectivity index (χ0n) is 15.9. The highest BCUT2D eigenvalue weighted by atomic mass is 32.2. The van der Waals surface area contributed by atoms with E-state index >= 15 is 0 Å². The van der Waals surface area contributed by atoms with Gasteiger partial charge in [0.05, 0.1) is 23.4 Å². The van der Waals surface area contributed by atoms with Crippen molar-refractivity contribution in [3.05, 3.63) is 64.2 Å². The van der Waals surface area contributed by atoms with Crippen molar-refractivity contribution in [1.82, 2.24) is 0 Å². The van der Waals surface area contributed by atoms with Crippen LogP contribution >= 0.6 is 0 Å². The van der Waals surface area contributed by atoms with Crippen LogP contribution in [0.1, 0.15) is 19.8 Å². The van der Waals surface area contributed by atoms with E-state index in [0.29, 0.717) is 11.4 Å². The Morgan fingerprint density at radius 2 is 1.86 bits per heavy atom. The van der Waals surface area contributed by atoms with E-state index in [4.69, 9.17) is 4.74 Å². The number of anilines is 2. The van der Waals surface area contributed by atoms with Gasteiger partial charge in [-0.15, -0.1) is 0 Å². The molecule has 0 spiro atoms. The van der Waals surface area contributed by atoms with Gasteiger partial charge in [-0.3, -0.25) is 20.3 Å². The maximum absolute atomic E-state index is 12.9. The van der Waals surface area contributed by atoms with Crippen LogP contribution in [0.3, 0.4) is 0 Å². The van der Waals surface area contributed by atoms with Crippen molar-refractivity contribution in [1.29, 1.82) is 0 Å². The maximum Gasteiger partial charge on any atom is 0.270 e. The van der Waals surface area contributed by atoms with Gasteiger partial charge in [-0.2, -0.15) is 5.10 Å². The van der Waals surface area contributed by atoms with Crippen molar-refractivity contribution in [2.24, 2.45) is 5.10 Å². The predicted molar refractivity (Wildman–Crippen MR) is 111 cm³/mol. The summed E-state index contributed by atoms with van der Waals surface area (Å²) in [5.41, 5.74) is 4.80. The fourth-order valence-corrected chi connectivity index (χ4v) is 4.02. The third-order valence-electron chi connectivity index (χ3n) is 4.32. The molecule has 9 nitrogen and oxygen atoms in total. The number of benzene rings is 2. The Labute approximate surface area is 168 Å². The molecule has 0 saturated carbocycles. The molecule has 10 heteroatoms. The fraction of sp³-hybridized carbons (Fsp3) is 0.211. The third kappa shape index (κ3) is 4.91. The molecule has 0 radical (unpaired) electrons. The summed E-state index contributed by atoms with van der Waals surface area (Å²) in [7, 11) is -2.62. The number of nitro benzene ring substituents is 1. The third-order valence-corrected chi connectivity index (χ3v) is 5.74. The van der Waals surface area contributed by atoms with Gasteiger partial charge in [-0.05, 0) is 56.2 Å². The van der Waals surface area contributed by atoms with E-state index in [9.17, 15) is 18.5 Å². The number of hydrogen-bond acceptors (Lipinski definition) is 7. The van der Waals surface area contributed by atoms with Crippen LogP contribution < -0.4 is 14.9 Å². The van der Waals surface area contributed by atoms with Crippen molar-refractivity contribution < 1.29 is 18.1 Å². The molecule has 29 heavy (non-hydrogen) atoms. The van der Waals surface area contributed by atoms with Crippen molar-refractivity contribution in [2.75, 3.05) is 17.3 Å². The molecule has 2 aromatic carbocycles. The first kappa shape index (κ1) is 20.3. The lowest BCUT2D eigenvalue weighted by atomic mass is 10.3. The molecule has 0 amide bonds. The second-order valence-electron chi connectivity index (χ2n) is 6.48. The highest BCUT2D eigenvalue weighted by Gasteiger charge is 2.23. The minimum atomic E-state index is -4.12. The smallest absolute Gasteiger partial charge is 0.270 e. The van der Waals surface area contributed by atoms with E-state index in [0.717, 1.165) is 24.6 Å². The molecule has 0 aliphatic heterocycles. The first-order valence-corrected chi connectivity index (χ1v) is 10.2. The molecule has 2 aromatic rings. The van der Waals surface area contributed by atoms with Crippen molar-refractivity contribution in [2.45, 2.75) is 24.7 Å². The maximum atomic E-state index is 12.9.